The number of benzene rings is 2. The SMILES string of the molecule is O=C(c1ccc(F)cc1F)N1CC=C(c2c[nH]c3c(Cl)cccc23)CC1. The summed E-state index contributed by atoms with van der Waals surface area (Å²) in [6, 6.07) is 8.74. The molecule has 4 rings (SSSR count). The summed E-state index contributed by atoms with van der Waals surface area (Å²) < 4.78 is 26.9. The van der Waals surface area contributed by atoms with Crippen molar-refractivity contribution >= 4 is 34.0 Å². The lowest BCUT2D eigenvalue weighted by atomic mass is 9.98. The molecule has 0 saturated carbocycles. The molecule has 0 fully saturated rings. The molecule has 1 aliphatic rings. The Morgan fingerprint density at radius 3 is 2.77 bits per heavy atom. The van der Waals surface area contributed by atoms with E-state index in [0.717, 1.165) is 34.2 Å². The Morgan fingerprint density at radius 2 is 2.04 bits per heavy atom. The van der Waals surface area contributed by atoms with Gasteiger partial charge in [-0.3, -0.25) is 4.79 Å². The number of amides is 1. The molecule has 1 amide bonds. The Balaban J connectivity index is 1.58. The van der Waals surface area contributed by atoms with E-state index >= 15 is 0 Å². The number of nitrogens with zero attached hydrogens (tertiary/aromatic N) is 1. The summed E-state index contributed by atoms with van der Waals surface area (Å²) in [6.45, 7) is 0.840. The normalized spacial score (nSPS) is 14.6. The lowest BCUT2D eigenvalue weighted by Gasteiger charge is -2.26. The molecule has 2 heterocycles. The first-order valence-corrected chi connectivity index (χ1v) is 8.61. The molecule has 1 N–H and O–H groups in total. The number of aromatic nitrogens is 1. The number of carbonyl (C=O) groups is 1. The molecule has 0 bridgehead atoms. The molecular formula is C20H15ClF2N2O. The highest BCUT2D eigenvalue weighted by molar-refractivity contribution is 6.35. The van der Waals surface area contributed by atoms with Crippen LogP contribution >= 0.6 is 11.6 Å². The van der Waals surface area contributed by atoms with Crippen molar-refractivity contribution in [1.82, 2.24) is 9.88 Å². The van der Waals surface area contributed by atoms with Crippen molar-refractivity contribution in [3.8, 4) is 0 Å². The Morgan fingerprint density at radius 1 is 1.19 bits per heavy atom. The maximum absolute atomic E-state index is 13.8. The number of fused-ring (bicyclic) bond motifs is 1. The molecule has 3 aromatic rings. The summed E-state index contributed by atoms with van der Waals surface area (Å²) in [5, 5.41) is 1.70. The molecule has 0 unspecified atom stereocenters. The van der Waals surface area contributed by atoms with Gasteiger partial charge < -0.3 is 9.88 Å². The zero-order chi connectivity index (χ0) is 18.3. The monoisotopic (exact) mass is 372 g/mol. The summed E-state index contributed by atoms with van der Waals surface area (Å²) >= 11 is 6.20. The standard InChI is InChI=1S/C20H15ClF2N2O/c21-17-3-1-2-14-16(11-24-19(14)17)12-6-8-25(9-7-12)20(26)15-5-4-13(22)10-18(15)23/h1-6,10-11,24H,7-9H2. The number of rotatable bonds is 2. The van der Waals surface area contributed by atoms with E-state index in [2.05, 4.69) is 4.98 Å². The molecule has 0 spiro atoms. The van der Waals surface area contributed by atoms with Crippen molar-refractivity contribution in [3.05, 3.63) is 76.5 Å². The number of para-hydroxylation sites is 1. The van der Waals surface area contributed by atoms with Crippen molar-refractivity contribution in [2.75, 3.05) is 13.1 Å². The summed E-state index contributed by atoms with van der Waals surface area (Å²) in [5.41, 5.74) is 2.95. The largest absolute Gasteiger partial charge is 0.359 e. The molecule has 0 atom stereocenters. The van der Waals surface area contributed by atoms with Gasteiger partial charge >= 0.3 is 0 Å². The van der Waals surface area contributed by atoms with E-state index in [1.165, 1.54) is 6.07 Å². The first kappa shape index (κ1) is 16.8. The van der Waals surface area contributed by atoms with E-state index in [4.69, 9.17) is 11.6 Å². The number of hydrogen-bond donors (Lipinski definition) is 1. The van der Waals surface area contributed by atoms with Gasteiger partial charge in [0.05, 0.1) is 16.1 Å². The fourth-order valence-electron chi connectivity index (χ4n) is 3.31. The highest BCUT2D eigenvalue weighted by Gasteiger charge is 2.23. The Labute approximate surface area is 153 Å². The first-order valence-electron chi connectivity index (χ1n) is 8.24. The Kier molecular flexibility index (Phi) is 4.24. The lowest BCUT2D eigenvalue weighted by Crippen LogP contribution is -2.35. The number of halogens is 3. The number of carbonyl (C=O) groups excluding carboxylic acids is 1. The minimum atomic E-state index is -0.837. The summed E-state index contributed by atoms with van der Waals surface area (Å²) in [6.07, 6.45) is 4.53. The van der Waals surface area contributed by atoms with E-state index in [9.17, 15) is 13.6 Å². The predicted molar refractivity (Wildman–Crippen MR) is 98.2 cm³/mol. The van der Waals surface area contributed by atoms with E-state index in [1.807, 2.05) is 30.5 Å². The molecule has 1 aromatic heterocycles. The fourth-order valence-corrected chi connectivity index (χ4v) is 3.54. The van der Waals surface area contributed by atoms with Gasteiger partial charge in [0.15, 0.2) is 0 Å². The number of hydrogen-bond acceptors (Lipinski definition) is 1. The molecule has 26 heavy (non-hydrogen) atoms. The Hall–Kier alpha value is -2.66. The summed E-state index contributed by atoms with van der Waals surface area (Å²) in [7, 11) is 0. The van der Waals surface area contributed by atoms with Crippen molar-refractivity contribution in [2.24, 2.45) is 0 Å². The number of H-pyrrole nitrogens is 1. The molecule has 0 aliphatic carbocycles. The molecule has 0 radical (unpaired) electrons. The molecule has 6 heteroatoms. The maximum atomic E-state index is 13.8. The highest BCUT2D eigenvalue weighted by atomic mass is 35.5. The van der Waals surface area contributed by atoms with Crippen LogP contribution in [-0.2, 0) is 0 Å². The smallest absolute Gasteiger partial charge is 0.257 e. The van der Waals surface area contributed by atoms with Crippen molar-refractivity contribution in [1.29, 1.82) is 0 Å². The van der Waals surface area contributed by atoms with Crippen LogP contribution in [0.2, 0.25) is 5.02 Å². The van der Waals surface area contributed by atoms with E-state index < -0.39 is 17.5 Å². The maximum Gasteiger partial charge on any atom is 0.257 e. The topological polar surface area (TPSA) is 36.1 Å². The van der Waals surface area contributed by atoms with Gasteiger partial charge in [0, 0.05) is 36.3 Å². The van der Waals surface area contributed by atoms with Gasteiger partial charge in [-0.1, -0.05) is 29.8 Å². The van der Waals surface area contributed by atoms with Gasteiger partial charge in [-0.05, 0) is 30.2 Å². The van der Waals surface area contributed by atoms with Gasteiger partial charge in [0.25, 0.3) is 5.91 Å². The molecule has 2 aromatic carbocycles. The lowest BCUT2D eigenvalue weighted by molar-refractivity contribution is 0.0768. The quantitative estimate of drug-likeness (QED) is 0.673. The summed E-state index contributed by atoms with van der Waals surface area (Å²) in [4.78, 5) is 17.2. The van der Waals surface area contributed by atoms with Crippen LogP contribution in [-0.4, -0.2) is 28.9 Å². The van der Waals surface area contributed by atoms with Crippen LogP contribution in [0.5, 0.6) is 0 Å². The van der Waals surface area contributed by atoms with Crippen molar-refractivity contribution in [2.45, 2.75) is 6.42 Å². The van der Waals surface area contributed by atoms with Gasteiger partial charge in [-0.2, -0.15) is 0 Å². The van der Waals surface area contributed by atoms with Crippen LogP contribution in [0.25, 0.3) is 16.5 Å². The second-order valence-electron chi connectivity index (χ2n) is 6.22. The van der Waals surface area contributed by atoms with Crippen LogP contribution in [0.4, 0.5) is 8.78 Å². The van der Waals surface area contributed by atoms with Crippen LogP contribution in [0, 0.1) is 11.6 Å². The minimum Gasteiger partial charge on any atom is -0.359 e. The molecule has 132 valence electrons. The van der Waals surface area contributed by atoms with E-state index in [0.29, 0.717) is 24.5 Å². The van der Waals surface area contributed by atoms with Crippen molar-refractivity contribution in [3.63, 3.8) is 0 Å². The van der Waals surface area contributed by atoms with E-state index in [-0.39, 0.29) is 5.56 Å². The average Bonchev–Trinajstić information content (AvgIpc) is 3.07. The third-order valence-electron chi connectivity index (χ3n) is 4.67. The highest BCUT2D eigenvalue weighted by Crippen LogP contribution is 2.32. The number of aromatic amines is 1. The van der Waals surface area contributed by atoms with Crippen LogP contribution in [0.1, 0.15) is 22.3 Å². The Bertz CT molecular complexity index is 1040. The minimum absolute atomic E-state index is 0.109. The van der Waals surface area contributed by atoms with Crippen LogP contribution in [0.15, 0.2) is 48.7 Å². The zero-order valence-electron chi connectivity index (χ0n) is 13.7. The fraction of sp³-hybridized carbons (Fsp3) is 0.150. The van der Waals surface area contributed by atoms with Gasteiger partial charge in [-0.25, -0.2) is 8.78 Å². The predicted octanol–water partition coefficient (Wildman–Crippen LogP) is 5.03. The zero-order valence-corrected chi connectivity index (χ0v) is 14.5. The third kappa shape index (κ3) is 2.88. The average molecular weight is 373 g/mol. The van der Waals surface area contributed by atoms with E-state index in [1.54, 1.807) is 4.90 Å². The molecule has 1 aliphatic heterocycles. The van der Waals surface area contributed by atoms with Gasteiger partial charge in [0.2, 0.25) is 0 Å². The van der Waals surface area contributed by atoms with Gasteiger partial charge in [0.1, 0.15) is 11.6 Å². The van der Waals surface area contributed by atoms with Crippen LogP contribution < -0.4 is 0 Å². The van der Waals surface area contributed by atoms with Gasteiger partial charge in [-0.15, -0.1) is 0 Å². The first-order chi connectivity index (χ1) is 12.5. The van der Waals surface area contributed by atoms with Crippen molar-refractivity contribution < 1.29 is 13.6 Å². The summed E-state index contributed by atoms with van der Waals surface area (Å²) in [5.74, 6) is -1.96. The molecule has 3 nitrogen and oxygen atoms in total. The second kappa shape index (κ2) is 6.57. The molecule has 0 saturated heterocycles. The van der Waals surface area contributed by atoms with Crippen LogP contribution in [0.3, 0.4) is 0 Å². The number of nitrogens with one attached hydrogen (secondary N) is 1. The third-order valence-corrected chi connectivity index (χ3v) is 4.98. The second-order valence-corrected chi connectivity index (χ2v) is 6.63. The molecular weight excluding hydrogens is 358 g/mol.